The second-order valence-corrected chi connectivity index (χ2v) is 7.64. The molecule has 0 spiro atoms. The third kappa shape index (κ3) is 4.45. The summed E-state index contributed by atoms with van der Waals surface area (Å²) in [6.45, 7) is 1.34. The number of rotatable bonds is 8. The molecule has 1 aliphatic rings. The van der Waals surface area contributed by atoms with Gasteiger partial charge in [-0.1, -0.05) is 18.2 Å². The van der Waals surface area contributed by atoms with E-state index < -0.39 is 5.97 Å². The third-order valence-electron chi connectivity index (χ3n) is 5.26. The number of nitrogens with one attached hydrogen (secondary N) is 1. The minimum absolute atomic E-state index is 0.166. The Morgan fingerprint density at radius 2 is 2.13 bits per heavy atom. The van der Waals surface area contributed by atoms with Crippen LogP contribution >= 0.6 is 12.2 Å². The van der Waals surface area contributed by atoms with Crippen LogP contribution in [-0.4, -0.2) is 46.3 Å². The van der Waals surface area contributed by atoms with E-state index in [1.165, 1.54) is 0 Å². The van der Waals surface area contributed by atoms with E-state index >= 15 is 0 Å². The van der Waals surface area contributed by atoms with Crippen LogP contribution in [0.1, 0.15) is 40.3 Å². The van der Waals surface area contributed by atoms with E-state index in [9.17, 15) is 9.90 Å². The van der Waals surface area contributed by atoms with Gasteiger partial charge in [-0.25, -0.2) is 4.79 Å². The van der Waals surface area contributed by atoms with Crippen molar-refractivity contribution in [3.8, 4) is 11.3 Å². The maximum Gasteiger partial charge on any atom is 0.335 e. The Hall–Kier alpha value is -3.23. The number of benzene rings is 1. The summed E-state index contributed by atoms with van der Waals surface area (Å²) >= 11 is 5.63. The molecule has 8 heteroatoms. The van der Waals surface area contributed by atoms with Crippen molar-refractivity contribution in [3.63, 3.8) is 0 Å². The van der Waals surface area contributed by atoms with E-state index in [0.29, 0.717) is 29.6 Å². The van der Waals surface area contributed by atoms with E-state index in [1.54, 1.807) is 31.5 Å². The Balaban J connectivity index is 1.68. The van der Waals surface area contributed by atoms with Gasteiger partial charge in [0.1, 0.15) is 17.6 Å². The van der Waals surface area contributed by atoms with Crippen molar-refractivity contribution in [2.75, 3.05) is 20.3 Å². The smallest absolute Gasteiger partial charge is 0.335 e. The summed E-state index contributed by atoms with van der Waals surface area (Å²) in [5, 5.41) is 13.3. The first-order valence-electron chi connectivity index (χ1n) is 9.99. The molecule has 2 atom stereocenters. The maximum atomic E-state index is 11.3. The summed E-state index contributed by atoms with van der Waals surface area (Å²) in [5.41, 5.74) is 1.79. The number of thiocarbonyl (C=S) groups is 1. The van der Waals surface area contributed by atoms with Crippen LogP contribution in [0.15, 0.2) is 65.2 Å². The van der Waals surface area contributed by atoms with Gasteiger partial charge in [-0.15, -0.1) is 0 Å². The molecule has 0 amide bonds. The zero-order chi connectivity index (χ0) is 21.8. The largest absolute Gasteiger partial charge is 0.478 e. The normalized spacial score (nSPS) is 18.2. The topological polar surface area (TPSA) is 87.8 Å². The van der Waals surface area contributed by atoms with Crippen LogP contribution in [0.5, 0.6) is 0 Å². The molecule has 160 valence electrons. The number of carbonyl (C=O) groups is 1. The number of methoxy groups -OCH3 is 1. The zero-order valence-electron chi connectivity index (χ0n) is 17.0. The highest BCUT2D eigenvalue weighted by Crippen LogP contribution is 2.40. The number of nitrogens with zero attached hydrogens (tertiary/aromatic N) is 2. The van der Waals surface area contributed by atoms with E-state index in [0.717, 1.165) is 17.9 Å². The zero-order valence-corrected chi connectivity index (χ0v) is 17.8. The SMILES string of the molecule is COCCCN1C(=S)NC(c2ccccn2)C1c1ccc(-c2cccc(C(=O)O)c2)o1. The molecule has 1 saturated heterocycles. The lowest BCUT2D eigenvalue weighted by Gasteiger charge is -2.25. The molecule has 1 aromatic carbocycles. The number of aromatic nitrogens is 1. The van der Waals surface area contributed by atoms with Crippen LogP contribution in [0.25, 0.3) is 11.3 Å². The quantitative estimate of drug-likeness (QED) is 0.403. The summed E-state index contributed by atoms with van der Waals surface area (Å²) < 4.78 is 11.4. The Morgan fingerprint density at radius 1 is 1.26 bits per heavy atom. The summed E-state index contributed by atoms with van der Waals surface area (Å²) in [4.78, 5) is 17.9. The van der Waals surface area contributed by atoms with Crippen molar-refractivity contribution >= 4 is 23.3 Å². The van der Waals surface area contributed by atoms with Gasteiger partial charge in [0.15, 0.2) is 5.11 Å². The lowest BCUT2D eigenvalue weighted by molar-refractivity contribution is 0.0697. The molecular weight excluding hydrogens is 414 g/mol. The van der Waals surface area contributed by atoms with E-state index in [-0.39, 0.29) is 17.6 Å². The standard InChI is InChI=1S/C23H23N3O4S/c1-29-13-5-12-26-21(20(25-23(26)31)17-8-2-3-11-24-17)19-10-9-18(30-19)15-6-4-7-16(14-15)22(27)28/h2-4,6-11,14,20-21H,5,12-13H2,1H3,(H,25,31)(H,27,28). The molecule has 0 aliphatic carbocycles. The first kappa shape index (κ1) is 21.0. The fourth-order valence-corrected chi connectivity index (χ4v) is 4.14. The molecule has 2 N–H and O–H groups in total. The molecule has 2 unspecified atom stereocenters. The fraction of sp³-hybridized carbons (Fsp3) is 0.261. The first-order valence-corrected chi connectivity index (χ1v) is 10.4. The maximum absolute atomic E-state index is 11.3. The van der Waals surface area contributed by atoms with Crippen LogP contribution < -0.4 is 5.32 Å². The summed E-state index contributed by atoms with van der Waals surface area (Å²) in [5.74, 6) is 0.363. The predicted molar refractivity (Wildman–Crippen MR) is 120 cm³/mol. The van der Waals surface area contributed by atoms with Gasteiger partial charge in [0.25, 0.3) is 0 Å². The number of carboxylic acids is 1. The van der Waals surface area contributed by atoms with Crippen molar-refractivity contribution < 1.29 is 19.1 Å². The molecule has 7 nitrogen and oxygen atoms in total. The number of furan rings is 1. The van der Waals surface area contributed by atoms with Crippen LogP contribution in [0.4, 0.5) is 0 Å². The monoisotopic (exact) mass is 437 g/mol. The molecule has 1 fully saturated rings. The van der Waals surface area contributed by atoms with Crippen molar-refractivity contribution in [3.05, 3.63) is 77.8 Å². The summed E-state index contributed by atoms with van der Waals surface area (Å²) in [7, 11) is 1.68. The van der Waals surface area contributed by atoms with Gasteiger partial charge in [-0.3, -0.25) is 4.98 Å². The van der Waals surface area contributed by atoms with Gasteiger partial charge >= 0.3 is 5.97 Å². The molecule has 0 radical (unpaired) electrons. The van der Waals surface area contributed by atoms with Gasteiger partial charge in [-0.05, 0) is 55.0 Å². The van der Waals surface area contributed by atoms with E-state index in [2.05, 4.69) is 15.2 Å². The molecule has 31 heavy (non-hydrogen) atoms. The average Bonchev–Trinajstić information content (AvgIpc) is 3.39. The number of hydrogen-bond acceptors (Lipinski definition) is 5. The van der Waals surface area contributed by atoms with Crippen LogP contribution in [-0.2, 0) is 4.74 Å². The third-order valence-corrected chi connectivity index (χ3v) is 5.61. The Kier molecular flexibility index (Phi) is 6.29. The van der Waals surface area contributed by atoms with Gasteiger partial charge in [0.2, 0.25) is 0 Å². The first-order chi connectivity index (χ1) is 15.1. The molecule has 2 aromatic heterocycles. The molecule has 3 heterocycles. The second-order valence-electron chi connectivity index (χ2n) is 7.25. The van der Waals surface area contributed by atoms with Gasteiger partial charge < -0.3 is 24.5 Å². The highest BCUT2D eigenvalue weighted by Gasteiger charge is 2.41. The molecule has 0 saturated carbocycles. The van der Waals surface area contributed by atoms with Crippen molar-refractivity contribution in [2.45, 2.75) is 18.5 Å². The molecule has 4 rings (SSSR count). The average molecular weight is 438 g/mol. The minimum atomic E-state index is -0.974. The van der Waals surface area contributed by atoms with Crippen molar-refractivity contribution in [1.29, 1.82) is 0 Å². The van der Waals surface area contributed by atoms with Crippen LogP contribution in [0.3, 0.4) is 0 Å². The summed E-state index contributed by atoms with van der Waals surface area (Å²) in [6.07, 6.45) is 2.58. The van der Waals surface area contributed by atoms with Crippen molar-refractivity contribution in [2.24, 2.45) is 0 Å². The van der Waals surface area contributed by atoms with Crippen LogP contribution in [0.2, 0.25) is 0 Å². The predicted octanol–water partition coefficient (Wildman–Crippen LogP) is 4.05. The van der Waals surface area contributed by atoms with E-state index in [1.807, 2.05) is 36.4 Å². The summed E-state index contributed by atoms with van der Waals surface area (Å²) in [6, 6.07) is 15.9. The number of ether oxygens (including phenoxy) is 1. The Morgan fingerprint density at radius 3 is 2.87 bits per heavy atom. The van der Waals surface area contributed by atoms with E-state index in [4.69, 9.17) is 21.4 Å². The van der Waals surface area contributed by atoms with Gasteiger partial charge in [-0.2, -0.15) is 0 Å². The number of hydrogen-bond donors (Lipinski definition) is 2. The molecular formula is C23H23N3O4S. The van der Waals surface area contributed by atoms with Crippen molar-refractivity contribution in [1.82, 2.24) is 15.2 Å². The Bertz CT molecular complexity index is 1070. The highest BCUT2D eigenvalue weighted by atomic mass is 32.1. The molecule has 3 aromatic rings. The molecule has 0 bridgehead atoms. The number of carboxylic acid groups (broad SMARTS) is 1. The second kappa shape index (κ2) is 9.28. The van der Waals surface area contributed by atoms with Gasteiger partial charge in [0.05, 0.1) is 17.3 Å². The highest BCUT2D eigenvalue weighted by molar-refractivity contribution is 7.80. The number of pyridine rings is 1. The minimum Gasteiger partial charge on any atom is -0.478 e. The lowest BCUT2D eigenvalue weighted by Crippen LogP contribution is -2.31. The fourth-order valence-electron chi connectivity index (χ4n) is 3.81. The lowest BCUT2D eigenvalue weighted by atomic mass is 10.0. The molecule has 1 aliphatic heterocycles. The van der Waals surface area contributed by atoms with Crippen LogP contribution in [0, 0.1) is 0 Å². The Labute approximate surface area is 185 Å². The number of aromatic carboxylic acids is 1. The van der Waals surface area contributed by atoms with Gasteiger partial charge in [0, 0.05) is 32.0 Å².